The number of nitrogens with zero attached hydrogens (tertiary/aromatic N) is 2. The van der Waals surface area contributed by atoms with Crippen molar-refractivity contribution in [2.75, 3.05) is 7.05 Å². The molecule has 2 rings (SSSR count). The van der Waals surface area contributed by atoms with E-state index in [0.717, 1.165) is 16.1 Å². The van der Waals surface area contributed by atoms with Crippen LogP contribution in [0.15, 0.2) is 36.4 Å². The summed E-state index contributed by atoms with van der Waals surface area (Å²) in [5.41, 5.74) is 2.12. The van der Waals surface area contributed by atoms with Gasteiger partial charge in [-0.15, -0.1) is 0 Å². The molecule has 106 valence electrons. The summed E-state index contributed by atoms with van der Waals surface area (Å²) in [6.07, 6.45) is 0. The summed E-state index contributed by atoms with van der Waals surface area (Å²) in [5, 5.41) is 1.60. The summed E-state index contributed by atoms with van der Waals surface area (Å²) in [7, 11) is 2.04. The lowest BCUT2D eigenvalue weighted by atomic mass is 10.1. The van der Waals surface area contributed by atoms with E-state index >= 15 is 0 Å². The molecule has 0 fully saturated rings. The van der Waals surface area contributed by atoms with E-state index in [9.17, 15) is 0 Å². The number of hydrogen-bond acceptors (Lipinski definition) is 2. The van der Waals surface area contributed by atoms with E-state index in [1.807, 2.05) is 31.3 Å². The third-order valence-electron chi connectivity index (χ3n) is 3.30. The molecule has 5 heteroatoms. The molecule has 2 aromatic rings. The number of benzene rings is 1. The highest BCUT2D eigenvalue weighted by molar-refractivity contribution is 6.32. The fourth-order valence-electron chi connectivity index (χ4n) is 1.99. The van der Waals surface area contributed by atoms with Gasteiger partial charge in [0.05, 0.1) is 0 Å². The highest BCUT2D eigenvalue weighted by Gasteiger charge is 2.14. The van der Waals surface area contributed by atoms with Crippen LogP contribution in [-0.2, 0) is 6.54 Å². The SMILES string of the molecule is CC(c1cccc(Cl)c1)N(C)Cc1ccc(Cl)nc1Cl. The van der Waals surface area contributed by atoms with Gasteiger partial charge in [0.25, 0.3) is 0 Å². The molecule has 2 nitrogen and oxygen atoms in total. The van der Waals surface area contributed by atoms with Crippen LogP contribution in [0.25, 0.3) is 0 Å². The Hall–Kier alpha value is -0.800. The topological polar surface area (TPSA) is 16.1 Å². The van der Waals surface area contributed by atoms with Gasteiger partial charge in [-0.2, -0.15) is 0 Å². The average molecular weight is 330 g/mol. The van der Waals surface area contributed by atoms with Crippen molar-refractivity contribution >= 4 is 34.8 Å². The predicted octanol–water partition coefficient (Wildman–Crippen LogP) is 5.23. The van der Waals surface area contributed by atoms with Crippen molar-refractivity contribution < 1.29 is 0 Å². The minimum atomic E-state index is 0.223. The first kappa shape index (κ1) is 15.6. The fourth-order valence-corrected chi connectivity index (χ4v) is 2.59. The zero-order valence-electron chi connectivity index (χ0n) is 11.3. The van der Waals surface area contributed by atoms with Crippen molar-refractivity contribution in [1.82, 2.24) is 9.88 Å². The summed E-state index contributed by atoms with van der Waals surface area (Å²) < 4.78 is 0. The van der Waals surface area contributed by atoms with Crippen LogP contribution in [0.1, 0.15) is 24.1 Å². The third kappa shape index (κ3) is 3.86. The Kier molecular flexibility index (Phi) is 5.28. The molecule has 0 amide bonds. The molecule has 0 aliphatic carbocycles. The van der Waals surface area contributed by atoms with E-state index < -0.39 is 0 Å². The lowest BCUT2D eigenvalue weighted by Gasteiger charge is -2.25. The second kappa shape index (κ2) is 6.77. The van der Waals surface area contributed by atoms with Crippen LogP contribution in [0.5, 0.6) is 0 Å². The van der Waals surface area contributed by atoms with Crippen molar-refractivity contribution in [3.63, 3.8) is 0 Å². The van der Waals surface area contributed by atoms with Crippen molar-refractivity contribution in [1.29, 1.82) is 0 Å². The molecule has 0 radical (unpaired) electrons. The molecule has 0 bridgehead atoms. The maximum absolute atomic E-state index is 6.11. The molecule has 1 heterocycles. The second-order valence-electron chi connectivity index (χ2n) is 4.73. The molecule has 0 saturated heterocycles. The summed E-state index contributed by atoms with van der Waals surface area (Å²) in [4.78, 5) is 6.24. The van der Waals surface area contributed by atoms with Crippen molar-refractivity contribution in [3.05, 3.63) is 62.9 Å². The standard InChI is InChI=1S/C15H15Cl3N2/c1-10(11-4-3-5-13(16)8-11)20(2)9-12-6-7-14(17)19-15(12)18/h3-8,10H,9H2,1-2H3. The smallest absolute Gasteiger partial charge is 0.135 e. The molecule has 0 N–H and O–H groups in total. The summed E-state index contributed by atoms with van der Waals surface area (Å²) in [6.45, 7) is 2.82. The number of halogens is 3. The van der Waals surface area contributed by atoms with Gasteiger partial charge in [0.1, 0.15) is 10.3 Å². The Balaban J connectivity index is 2.13. The van der Waals surface area contributed by atoms with Crippen LogP contribution < -0.4 is 0 Å². The van der Waals surface area contributed by atoms with Crippen LogP contribution in [0, 0.1) is 0 Å². The van der Waals surface area contributed by atoms with Gasteiger partial charge >= 0.3 is 0 Å². The summed E-state index contributed by atoms with van der Waals surface area (Å²) in [6, 6.07) is 11.7. The highest BCUT2D eigenvalue weighted by atomic mass is 35.5. The number of rotatable bonds is 4. The van der Waals surface area contributed by atoms with Crippen LogP contribution in [0.4, 0.5) is 0 Å². The maximum atomic E-state index is 6.11. The first-order valence-electron chi connectivity index (χ1n) is 6.24. The molecule has 0 saturated carbocycles. The monoisotopic (exact) mass is 328 g/mol. The Labute approximate surface area is 134 Å². The minimum absolute atomic E-state index is 0.223. The fraction of sp³-hybridized carbons (Fsp3) is 0.267. The first-order chi connectivity index (χ1) is 9.47. The molecule has 1 atom stereocenters. The van der Waals surface area contributed by atoms with E-state index in [0.29, 0.717) is 16.9 Å². The molecular weight excluding hydrogens is 315 g/mol. The van der Waals surface area contributed by atoms with E-state index in [1.165, 1.54) is 0 Å². The van der Waals surface area contributed by atoms with Gasteiger partial charge in [0.15, 0.2) is 0 Å². The van der Waals surface area contributed by atoms with Crippen molar-refractivity contribution in [2.24, 2.45) is 0 Å². The molecule has 0 aliphatic heterocycles. The Bertz CT molecular complexity index is 601. The van der Waals surface area contributed by atoms with Gasteiger partial charge < -0.3 is 0 Å². The molecule has 1 unspecified atom stereocenters. The normalized spacial score (nSPS) is 12.7. The van der Waals surface area contributed by atoms with Gasteiger partial charge in [-0.3, -0.25) is 4.90 Å². The molecule has 20 heavy (non-hydrogen) atoms. The van der Waals surface area contributed by atoms with Gasteiger partial charge in [0, 0.05) is 23.2 Å². The molecule has 0 aliphatic rings. The van der Waals surface area contributed by atoms with E-state index in [1.54, 1.807) is 6.07 Å². The van der Waals surface area contributed by atoms with Crippen LogP contribution in [0.3, 0.4) is 0 Å². The van der Waals surface area contributed by atoms with Gasteiger partial charge in [0.2, 0.25) is 0 Å². The summed E-state index contributed by atoms with van der Waals surface area (Å²) >= 11 is 17.9. The Morgan fingerprint density at radius 3 is 2.55 bits per heavy atom. The Morgan fingerprint density at radius 1 is 1.15 bits per heavy atom. The minimum Gasteiger partial charge on any atom is -0.295 e. The molecular formula is C15H15Cl3N2. The predicted molar refractivity (Wildman–Crippen MR) is 85.6 cm³/mol. The number of aromatic nitrogens is 1. The maximum Gasteiger partial charge on any atom is 0.135 e. The lowest BCUT2D eigenvalue weighted by Crippen LogP contribution is -2.22. The lowest BCUT2D eigenvalue weighted by molar-refractivity contribution is 0.253. The van der Waals surface area contributed by atoms with Crippen molar-refractivity contribution in [3.8, 4) is 0 Å². The zero-order valence-corrected chi connectivity index (χ0v) is 13.5. The third-order valence-corrected chi connectivity index (χ3v) is 4.08. The number of hydrogen-bond donors (Lipinski definition) is 0. The zero-order chi connectivity index (χ0) is 14.7. The van der Waals surface area contributed by atoms with Gasteiger partial charge in [-0.05, 0) is 37.7 Å². The van der Waals surface area contributed by atoms with Crippen LogP contribution in [-0.4, -0.2) is 16.9 Å². The van der Waals surface area contributed by atoms with E-state index in [-0.39, 0.29) is 6.04 Å². The molecule has 1 aromatic heterocycles. The van der Waals surface area contributed by atoms with Crippen molar-refractivity contribution in [2.45, 2.75) is 19.5 Å². The average Bonchev–Trinajstić information content (AvgIpc) is 2.41. The van der Waals surface area contributed by atoms with Crippen LogP contribution in [0.2, 0.25) is 15.3 Å². The molecule has 0 spiro atoms. The quantitative estimate of drug-likeness (QED) is 0.714. The highest BCUT2D eigenvalue weighted by Crippen LogP contribution is 2.25. The van der Waals surface area contributed by atoms with Gasteiger partial charge in [-0.25, -0.2) is 4.98 Å². The van der Waals surface area contributed by atoms with Gasteiger partial charge in [-0.1, -0.05) is 53.0 Å². The Morgan fingerprint density at radius 2 is 1.90 bits per heavy atom. The first-order valence-corrected chi connectivity index (χ1v) is 7.37. The van der Waals surface area contributed by atoms with Crippen LogP contribution >= 0.6 is 34.8 Å². The summed E-state index contributed by atoms with van der Waals surface area (Å²) in [5.74, 6) is 0. The largest absolute Gasteiger partial charge is 0.295 e. The van der Waals surface area contributed by atoms with E-state index in [4.69, 9.17) is 34.8 Å². The van der Waals surface area contributed by atoms with E-state index in [2.05, 4.69) is 22.9 Å². The molecule has 1 aromatic carbocycles. The second-order valence-corrected chi connectivity index (χ2v) is 5.91. The number of pyridine rings is 1.